The Kier molecular flexibility index (Phi) is 6.77. The number of carbonyl (C=O) groups is 1. The number of hydrogen-bond donors (Lipinski definition) is 4. The van der Waals surface area contributed by atoms with E-state index in [0.29, 0.717) is 18.5 Å². The van der Waals surface area contributed by atoms with Crippen molar-refractivity contribution in [3.8, 4) is 0 Å². The van der Waals surface area contributed by atoms with Crippen molar-refractivity contribution >= 4 is 23.8 Å². The molecule has 5 N–H and O–H groups in total. The van der Waals surface area contributed by atoms with E-state index in [1.807, 2.05) is 0 Å². The average molecular weight is 448 g/mol. The largest absolute Gasteiger partial charge is 0.393 e. The quantitative estimate of drug-likeness (QED) is 0.393. The first-order chi connectivity index (χ1) is 14.4. The summed E-state index contributed by atoms with van der Waals surface area (Å²) in [6.45, 7) is -0.450. The minimum Gasteiger partial charge on any atom is -0.355 e. The van der Waals surface area contributed by atoms with E-state index < -0.39 is 42.4 Å². The van der Waals surface area contributed by atoms with Crippen LogP contribution < -0.4 is 11.1 Å². The molecule has 7 nitrogen and oxygen atoms in total. The first kappa shape index (κ1) is 23.3. The second kappa shape index (κ2) is 9.01. The number of nitrogens with zero attached hydrogens (tertiary/aromatic N) is 2. The highest BCUT2D eigenvalue weighted by molar-refractivity contribution is 6.30. The first-order valence-corrected chi connectivity index (χ1v) is 10.1. The first-order valence-electron chi connectivity index (χ1n) is 10.1. The predicted octanol–water partition coefficient (Wildman–Crippen LogP) is 3.66. The number of halogens is 5. The van der Waals surface area contributed by atoms with Crippen LogP contribution in [0.2, 0.25) is 0 Å². The fraction of sp³-hybridized carbons (Fsp3) is 0.684. The van der Waals surface area contributed by atoms with E-state index in [1.165, 1.54) is 6.20 Å². The zero-order valence-electron chi connectivity index (χ0n) is 16.7. The molecule has 1 amide bonds. The van der Waals surface area contributed by atoms with Gasteiger partial charge in [-0.2, -0.15) is 13.2 Å². The van der Waals surface area contributed by atoms with Crippen LogP contribution in [0.5, 0.6) is 0 Å². The molecule has 1 aliphatic heterocycles. The SMILES string of the molecule is N=C(/C=N\c1ncc([C@@H](N)C2CCC(F)(F)CC2)[nH]1)CC1C[C@@H](C(F)(F)F)CNC1=O. The number of aromatic amines is 1. The molecule has 2 heterocycles. The van der Waals surface area contributed by atoms with E-state index in [9.17, 15) is 26.7 Å². The van der Waals surface area contributed by atoms with Crippen molar-refractivity contribution in [2.75, 3.05) is 6.54 Å². The summed E-state index contributed by atoms with van der Waals surface area (Å²) in [5, 5.41) is 10.2. The molecule has 0 spiro atoms. The Balaban J connectivity index is 1.54. The van der Waals surface area contributed by atoms with Gasteiger partial charge in [0, 0.05) is 37.8 Å². The second-order valence-electron chi connectivity index (χ2n) is 8.29. The third kappa shape index (κ3) is 6.08. The van der Waals surface area contributed by atoms with Gasteiger partial charge in [-0.1, -0.05) is 0 Å². The number of alkyl halides is 5. The summed E-state index contributed by atoms with van der Waals surface area (Å²) in [7, 11) is 0. The summed E-state index contributed by atoms with van der Waals surface area (Å²) in [5.41, 5.74) is 6.59. The number of imidazole rings is 1. The van der Waals surface area contributed by atoms with Gasteiger partial charge >= 0.3 is 6.18 Å². The van der Waals surface area contributed by atoms with Gasteiger partial charge in [-0.15, -0.1) is 0 Å². The van der Waals surface area contributed by atoms with E-state index in [-0.39, 0.29) is 43.3 Å². The fourth-order valence-electron chi connectivity index (χ4n) is 4.02. The Labute approximate surface area is 175 Å². The third-order valence-electron chi connectivity index (χ3n) is 5.95. The van der Waals surface area contributed by atoms with Gasteiger partial charge in [0.1, 0.15) is 0 Å². The normalized spacial score (nSPS) is 26.1. The monoisotopic (exact) mass is 448 g/mol. The molecule has 1 aromatic rings. The van der Waals surface area contributed by atoms with E-state index in [0.717, 1.165) is 6.21 Å². The Bertz CT molecular complexity index is 826. The number of piperidine rings is 1. The highest BCUT2D eigenvalue weighted by Crippen LogP contribution is 2.40. The number of nitrogens with one attached hydrogen (secondary N) is 3. The van der Waals surface area contributed by atoms with Gasteiger partial charge in [-0.05, 0) is 25.2 Å². The minimum atomic E-state index is -4.40. The molecule has 2 aliphatic rings. The van der Waals surface area contributed by atoms with Crippen molar-refractivity contribution in [3.05, 3.63) is 11.9 Å². The number of hydrogen-bond acceptors (Lipinski definition) is 5. The van der Waals surface area contributed by atoms with Crippen LogP contribution in [0.1, 0.15) is 50.3 Å². The van der Waals surface area contributed by atoms with E-state index in [2.05, 4.69) is 20.3 Å². The summed E-state index contributed by atoms with van der Waals surface area (Å²) in [4.78, 5) is 22.7. The van der Waals surface area contributed by atoms with Crippen LogP contribution in [0.3, 0.4) is 0 Å². The van der Waals surface area contributed by atoms with Crippen LogP contribution in [-0.4, -0.2) is 46.4 Å². The van der Waals surface area contributed by atoms with Crippen LogP contribution in [0.15, 0.2) is 11.2 Å². The van der Waals surface area contributed by atoms with Crippen molar-refractivity contribution < 1.29 is 26.7 Å². The fourth-order valence-corrected chi connectivity index (χ4v) is 4.02. The summed E-state index contributed by atoms with van der Waals surface area (Å²) < 4.78 is 65.3. The molecule has 31 heavy (non-hydrogen) atoms. The molecule has 1 saturated heterocycles. The molecule has 172 valence electrons. The molecule has 0 bridgehead atoms. The second-order valence-corrected chi connectivity index (χ2v) is 8.29. The van der Waals surface area contributed by atoms with Crippen LogP contribution in [0.25, 0.3) is 0 Å². The Hall–Kier alpha value is -2.37. The predicted molar refractivity (Wildman–Crippen MR) is 104 cm³/mol. The van der Waals surface area contributed by atoms with Gasteiger partial charge < -0.3 is 21.4 Å². The average Bonchev–Trinajstić information content (AvgIpc) is 3.16. The van der Waals surface area contributed by atoms with Crippen molar-refractivity contribution in [3.63, 3.8) is 0 Å². The van der Waals surface area contributed by atoms with Crippen molar-refractivity contribution in [1.29, 1.82) is 5.41 Å². The molecule has 3 atom stereocenters. The minimum absolute atomic E-state index is 0.110. The number of H-pyrrole nitrogens is 1. The number of aromatic nitrogens is 2. The number of aliphatic imine (C=N–C) groups is 1. The van der Waals surface area contributed by atoms with Crippen molar-refractivity contribution in [1.82, 2.24) is 15.3 Å². The molecule has 1 aliphatic carbocycles. The topological polar surface area (TPSA) is 120 Å². The highest BCUT2D eigenvalue weighted by Gasteiger charge is 2.44. The highest BCUT2D eigenvalue weighted by atomic mass is 19.4. The molecular formula is C19H25F5N6O. The number of nitrogens with two attached hydrogens (primary N) is 1. The zero-order valence-corrected chi connectivity index (χ0v) is 16.7. The number of carbonyl (C=O) groups excluding carboxylic acids is 1. The van der Waals surface area contributed by atoms with Gasteiger partial charge in [0.25, 0.3) is 0 Å². The van der Waals surface area contributed by atoms with Gasteiger partial charge in [0.05, 0.1) is 29.7 Å². The lowest BCUT2D eigenvalue weighted by molar-refractivity contribution is -0.183. The third-order valence-corrected chi connectivity index (χ3v) is 5.95. The smallest absolute Gasteiger partial charge is 0.355 e. The molecule has 1 unspecified atom stereocenters. The Morgan fingerprint density at radius 3 is 2.71 bits per heavy atom. The molecule has 0 aromatic carbocycles. The van der Waals surface area contributed by atoms with Gasteiger partial charge in [0.15, 0.2) is 0 Å². The Morgan fingerprint density at radius 2 is 2.06 bits per heavy atom. The summed E-state index contributed by atoms with van der Waals surface area (Å²) in [6, 6.07) is -0.503. The standard InChI is InChI=1S/C19H25F5N6O/c20-18(21)3-1-10(2-4-18)15(26)14-9-29-17(30-14)28-8-13(25)6-11-5-12(19(22,23)24)7-27-16(11)31/h8-12,15,25H,1-7,26H2,(H,27,31)(H,29,30)/b25-13?,28-8-/t11?,12-,15+/m1/s1. The number of amides is 1. The van der Waals surface area contributed by atoms with Gasteiger partial charge in [-0.25, -0.2) is 18.8 Å². The molecular weight excluding hydrogens is 423 g/mol. The van der Waals surface area contributed by atoms with Crippen LogP contribution >= 0.6 is 0 Å². The van der Waals surface area contributed by atoms with Gasteiger partial charge in [-0.3, -0.25) is 4.79 Å². The molecule has 3 rings (SSSR count). The van der Waals surface area contributed by atoms with E-state index in [4.69, 9.17) is 11.1 Å². The van der Waals surface area contributed by atoms with E-state index >= 15 is 0 Å². The maximum absolute atomic E-state index is 13.3. The Morgan fingerprint density at radius 1 is 1.39 bits per heavy atom. The zero-order chi connectivity index (χ0) is 22.8. The maximum Gasteiger partial charge on any atom is 0.393 e. The van der Waals surface area contributed by atoms with E-state index in [1.54, 1.807) is 0 Å². The van der Waals surface area contributed by atoms with Gasteiger partial charge in [0.2, 0.25) is 17.8 Å². The summed E-state index contributed by atoms with van der Waals surface area (Å²) >= 11 is 0. The lowest BCUT2D eigenvalue weighted by Gasteiger charge is -2.31. The lowest BCUT2D eigenvalue weighted by atomic mass is 9.81. The maximum atomic E-state index is 13.3. The summed E-state index contributed by atoms with van der Waals surface area (Å²) in [5.74, 6) is -5.71. The lowest BCUT2D eigenvalue weighted by Crippen LogP contribution is -2.47. The molecule has 1 saturated carbocycles. The molecule has 2 fully saturated rings. The van der Waals surface area contributed by atoms with Crippen molar-refractivity contribution in [2.24, 2.45) is 28.5 Å². The van der Waals surface area contributed by atoms with Crippen LogP contribution in [0, 0.1) is 23.2 Å². The molecule has 1 aromatic heterocycles. The van der Waals surface area contributed by atoms with Crippen LogP contribution in [0.4, 0.5) is 27.9 Å². The molecule has 0 radical (unpaired) electrons. The molecule has 12 heteroatoms. The van der Waals surface area contributed by atoms with Crippen LogP contribution in [-0.2, 0) is 4.79 Å². The number of rotatable bonds is 6. The van der Waals surface area contributed by atoms with Crippen molar-refractivity contribution in [2.45, 2.75) is 56.7 Å². The summed E-state index contributed by atoms with van der Waals surface area (Å²) in [6.07, 6.45) is -2.17.